The Kier molecular flexibility index (Phi) is 5.62. The van der Waals surface area contributed by atoms with Crippen LogP contribution in [0.4, 0.5) is 0 Å². The molecule has 0 bridgehead atoms. The Morgan fingerprint density at radius 3 is 2.60 bits per heavy atom. The number of methoxy groups -OCH3 is 1. The first kappa shape index (κ1) is 18.2. The van der Waals surface area contributed by atoms with E-state index in [9.17, 15) is 5.11 Å². The molecule has 0 saturated carbocycles. The van der Waals surface area contributed by atoms with Crippen molar-refractivity contribution in [3.63, 3.8) is 0 Å². The van der Waals surface area contributed by atoms with Crippen LogP contribution in [0.5, 0.6) is 0 Å². The summed E-state index contributed by atoms with van der Waals surface area (Å²) in [6, 6.07) is 12.6. The number of likely N-dealkylation sites (tertiary alicyclic amines) is 1. The summed E-state index contributed by atoms with van der Waals surface area (Å²) < 4.78 is 10.8. The van der Waals surface area contributed by atoms with Gasteiger partial charge in [-0.1, -0.05) is 31.2 Å². The predicted molar refractivity (Wildman–Crippen MR) is 99.4 cm³/mol. The summed E-state index contributed by atoms with van der Waals surface area (Å²) in [4.78, 5) is 2.43. The highest BCUT2D eigenvalue weighted by Gasteiger charge is 2.38. The van der Waals surface area contributed by atoms with E-state index in [2.05, 4.69) is 36.1 Å². The second kappa shape index (κ2) is 7.73. The lowest BCUT2D eigenvalue weighted by Crippen LogP contribution is -2.50. The molecule has 2 heterocycles. The largest absolute Gasteiger partial charge is 0.461 e. The van der Waals surface area contributed by atoms with Gasteiger partial charge in [0.25, 0.3) is 0 Å². The van der Waals surface area contributed by atoms with Gasteiger partial charge < -0.3 is 14.3 Å². The van der Waals surface area contributed by atoms with Gasteiger partial charge in [0.15, 0.2) is 0 Å². The van der Waals surface area contributed by atoms with Gasteiger partial charge in [0.2, 0.25) is 0 Å². The molecule has 0 spiro atoms. The highest BCUT2D eigenvalue weighted by atomic mass is 16.5. The molecule has 4 heteroatoms. The molecule has 1 aliphatic heterocycles. The van der Waals surface area contributed by atoms with E-state index in [1.807, 2.05) is 19.1 Å². The maximum atomic E-state index is 10.8. The number of benzene rings is 1. The number of nitrogens with zero attached hydrogens (tertiary/aromatic N) is 1. The third-order valence-corrected chi connectivity index (χ3v) is 5.43. The molecule has 3 rings (SSSR count). The monoisotopic (exact) mass is 343 g/mol. The van der Waals surface area contributed by atoms with Gasteiger partial charge in [-0.3, -0.25) is 4.90 Å². The lowest BCUT2D eigenvalue weighted by atomic mass is 9.80. The number of piperidine rings is 1. The number of rotatable bonds is 6. The van der Waals surface area contributed by atoms with E-state index in [0.29, 0.717) is 6.61 Å². The van der Waals surface area contributed by atoms with Crippen molar-refractivity contribution in [2.75, 3.05) is 26.8 Å². The second-order valence-electron chi connectivity index (χ2n) is 7.34. The zero-order valence-electron chi connectivity index (χ0n) is 15.5. The fourth-order valence-corrected chi connectivity index (χ4v) is 3.66. The van der Waals surface area contributed by atoms with Crippen molar-refractivity contribution in [2.45, 2.75) is 38.8 Å². The molecule has 2 aromatic rings. The fourth-order valence-electron chi connectivity index (χ4n) is 3.66. The average Bonchev–Trinajstić information content (AvgIpc) is 3.04. The van der Waals surface area contributed by atoms with Gasteiger partial charge in [-0.2, -0.15) is 0 Å². The first-order valence-electron chi connectivity index (χ1n) is 9.09. The minimum atomic E-state index is -0.590. The van der Waals surface area contributed by atoms with E-state index in [0.717, 1.165) is 49.6 Å². The van der Waals surface area contributed by atoms with Crippen LogP contribution in [-0.4, -0.2) is 42.4 Å². The smallest absolute Gasteiger partial charge is 0.134 e. The molecule has 25 heavy (non-hydrogen) atoms. The van der Waals surface area contributed by atoms with Crippen LogP contribution in [0.2, 0.25) is 0 Å². The number of furan rings is 1. The van der Waals surface area contributed by atoms with Crippen molar-refractivity contribution in [3.05, 3.63) is 47.7 Å². The van der Waals surface area contributed by atoms with E-state index >= 15 is 0 Å². The molecule has 4 nitrogen and oxygen atoms in total. The van der Waals surface area contributed by atoms with Crippen LogP contribution >= 0.6 is 0 Å². The summed E-state index contributed by atoms with van der Waals surface area (Å²) in [5.74, 6) is 2.10. The van der Waals surface area contributed by atoms with E-state index in [4.69, 9.17) is 9.15 Å². The molecule has 1 aliphatic rings. The van der Waals surface area contributed by atoms with Crippen molar-refractivity contribution in [2.24, 2.45) is 5.92 Å². The molecular formula is C21H29NO3. The first-order valence-corrected chi connectivity index (χ1v) is 9.09. The van der Waals surface area contributed by atoms with Crippen molar-refractivity contribution < 1.29 is 14.3 Å². The number of hydrogen-bond acceptors (Lipinski definition) is 4. The van der Waals surface area contributed by atoms with Crippen molar-refractivity contribution in [3.8, 4) is 11.3 Å². The minimum absolute atomic E-state index is 0.252. The quantitative estimate of drug-likeness (QED) is 0.865. The number of hydrogen-bond donors (Lipinski definition) is 1. The normalized spacial score (nSPS) is 24.6. The van der Waals surface area contributed by atoms with Crippen LogP contribution in [0.3, 0.4) is 0 Å². The second-order valence-corrected chi connectivity index (χ2v) is 7.34. The highest BCUT2D eigenvalue weighted by Crippen LogP contribution is 2.32. The summed E-state index contributed by atoms with van der Waals surface area (Å²) >= 11 is 0. The predicted octanol–water partition coefficient (Wildman–Crippen LogP) is 3.86. The molecular weight excluding hydrogens is 314 g/mol. The average molecular weight is 343 g/mol. The van der Waals surface area contributed by atoms with E-state index in [1.54, 1.807) is 7.11 Å². The molecule has 1 N–H and O–H groups in total. The number of aryl methyl sites for hydroxylation is 1. The van der Waals surface area contributed by atoms with Gasteiger partial charge in [0.05, 0.1) is 5.60 Å². The molecule has 2 unspecified atom stereocenters. The van der Waals surface area contributed by atoms with Gasteiger partial charge in [-0.15, -0.1) is 0 Å². The van der Waals surface area contributed by atoms with E-state index < -0.39 is 5.60 Å². The van der Waals surface area contributed by atoms with Crippen molar-refractivity contribution in [1.82, 2.24) is 4.90 Å². The maximum absolute atomic E-state index is 10.8. The fraction of sp³-hybridized carbons (Fsp3) is 0.524. The van der Waals surface area contributed by atoms with Gasteiger partial charge in [-0.25, -0.2) is 0 Å². The SMILES string of the molecule is COCCC1(O)CCN(Cc2ccc(-c3ccc(C)o3)cc2)CC1C. The lowest BCUT2D eigenvalue weighted by Gasteiger charge is -2.43. The van der Waals surface area contributed by atoms with Crippen LogP contribution < -0.4 is 0 Å². The molecule has 2 atom stereocenters. The Morgan fingerprint density at radius 2 is 2.00 bits per heavy atom. The summed E-state index contributed by atoms with van der Waals surface area (Å²) in [5.41, 5.74) is 1.81. The standard InChI is InChI=1S/C21H29NO3/c1-16-14-22(12-10-21(16,23)11-13-24-3)15-18-5-7-19(8-6-18)20-9-4-17(2)25-20/h4-9,16,23H,10-15H2,1-3H3. The zero-order valence-corrected chi connectivity index (χ0v) is 15.5. The van der Waals surface area contributed by atoms with E-state index in [-0.39, 0.29) is 5.92 Å². The Balaban J connectivity index is 1.58. The van der Waals surface area contributed by atoms with Crippen molar-refractivity contribution in [1.29, 1.82) is 0 Å². The summed E-state index contributed by atoms with van der Waals surface area (Å²) in [7, 11) is 1.69. The van der Waals surface area contributed by atoms with Crippen LogP contribution in [-0.2, 0) is 11.3 Å². The molecule has 1 aromatic heterocycles. The van der Waals surface area contributed by atoms with Crippen LogP contribution in [0.25, 0.3) is 11.3 Å². The first-order chi connectivity index (χ1) is 12.0. The molecule has 1 fully saturated rings. The minimum Gasteiger partial charge on any atom is -0.461 e. The zero-order chi connectivity index (χ0) is 17.9. The molecule has 0 amide bonds. The third kappa shape index (κ3) is 4.32. The Morgan fingerprint density at radius 1 is 1.24 bits per heavy atom. The summed E-state index contributed by atoms with van der Waals surface area (Å²) in [5, 5.41) is 10.8. The van der Waals surface area contributed by atoms with Crippen LogP contribution in [0.15, 0.2) is 40.8 Å². The van der Waals surface area contributed by atoms with Gasteiger partial charge >= 0.3 is 0 Å². The van der Waals surface area contributed by atoms with E-state index in [1.165, 1.54) is 5.56 Å². The molecule has 136 valence electrons. The molecule has 0 aliphatic carbocycles. The molecule has 0 radical (unpaired) electrons. The highest BCUT2D eigenvalue weighted by molar-refractivity contribution is 5.57. The van der Waals surface area contributed by atoms with Crippen LogP contribution in [0.1, 0.15) is 31.1 Å². The number of aliphatic hydroxyl groups is 1. The third-order valence-electron chi connectivity index (χ3n) is 5.43. The summed E-state index contributed by atoms with van der Waals surface area (Å²) in [6.07, 6.45) is 1.52. The van der Waals surface area contributed by atoms with Gasteiger partial charge in [0, 0.05) is 38.9 Å². The summed E-state index contributed by atoms with van der Waals surface area (Å²) in [6.45, 7) is 7.48. The Labute approximate surface area is 150 Å². The molecule has 1 aromatic carbocycles. The number of ether oxygens (including phenoxy) is 1. The Hall–Kier alpha value is -1.62. The van der Waals surface area contributed by atoms with Gasteiger partial charge in [-0.05, 0) is 43.4 Å². The topological polar surface area (TPSA) is 45.8 Å². The molecule has 1 saturated heterocycles. The van der Waals surface area contributed by atoms with Crippen LogP contribution in [0, 0.1) is 12.8 Å². The lowest BCUT2D eigenvalue weighted by molar-refractivity contribution is -0.0827. The Bertz CT molecular complexity index is 679. The maximum Gasteiger partial charge on any atom is 0.134 e. The van der Waals surface area contributed by atoms with Crippen molar-refractivity contribution >= 4 is 0 Å². The van der Waals surface area contributed by atoms with Gasteiger partial charge in [0.1, 0.15) is 11.5 Å².